The second kappa shape index (κ2) is 11.0. The zero-order chi connectivity index (χ0) is 24.3. The number of amides is 1. The van der Waals surface area contributed by atoms with Crippen molar-refractivity contribution in [2.24, 2.45) is 5.73 Å². The van der Waals surface area contributed by atoms with E-state index in [9.17, 15) is 27.9 Å². The average Bonchev–Trinajstić information content (AvgIpc) is 2.76. The summed E-state index contributed by atoms with van der Waals surface area (Å²) >= 11 is 11.7. The fraction of sp³-hybridized carbons (Fsp3) is 0.0909. The van der Waals surface area contributed by atoms with E-state index in [1.807, 2.05) is 0 Å². The quantitative estimate of drug-likeness (QED) is 0.286. The number of halogens is 6. The molecule has 3 aromatic rings. The number of aromatic carboxylic acids is 1. The van der Waals surface area contributed by atoms with Gasteiger partial charge in [-0.3, -0.25) is 4.79 Å². The minimum absolute atomic E-state index is 0. The summed E-state index contributed by atoms with van der Waals surface area (Å²) in [5.41, 5.74) is 5.04. The second-order valence-corrected chi connectivity index (χ2v) is 7.67. The molecule has 1 amide bonds. The van der Waals surface area contributed by atoms with Gasteiger partial charge in [-0.25, -0.2) is 4.79 Å². The maximum atomic E-state index is 13.3. The molecule has 0 fully saturated rings. The lowest BCUT2D eigenvalue weighted by Gasteiger charge is -2.17. The lowest BCUT2D eigenvalue weighted by molar-refractivity contribution is -0.137. The molecule has 0 aromatic heterocycles. The molecule has 0 saturated heterocycles. The van der Waals surface area contributed by atoms with Crippen molar-refractivity contribution in [2.45, 2.75) is 12.7 Å². The number of carbonyl (C=O) groups excluding carboxylic acids is 1. The molecule has 0 aliphatic heterocycles. The highest BCUT2D eigenvalue weighted by atomic mass is 35.5. The summed E-state index contributed by atoms with van der Waals surface area (Å²) in [5, 5.41) is 14.5. The fourth-order valence-electron chi connectivity index (χ4n) is 2.91. The molecule has 0 unspecified atom stereocenters. The third-order valence-electron chi connectivity index (χ3n) is 4.60. The van der Waals surface area contributed by atoms with Crippen LogP contribution in [-0.2, 0) is 12.7 Å². The second-order valence-electron chi connectivity index (χ2n) is 6.86. The zero-order valence-electron chi connectivity index (χ0n) is 17.0. The number of nitrogens with two attached hydrogens (primary N) is 1. The maximum absolute atomic E-state index is 13.3. The van der Waals surface area contributed by atoms with E-state index in [0.717, 1.165) is 35.9 Å². The minimum atomic E-state index is -4.67. The van der Waals surface area contributed by atoms with Crippen LogP contribution in [0.2, 0.25) is 10.0 Å². The lowest BCUT2D eigenvalue weighted by Crippen LogP contribution is -2.18. The van der Waals surface area contributed by atoms with E-state index in [1.165, 1.54) is 0 Å². The molecule has 12 heteroatoms. The van der Waals surface area contributed by atoms with Gasteiger partial charge in [-0.05, 0) is 48.0 Å². The first-order valence-corrected chi connectivity index (χ1v) is 10.1. The van der Waals surface area contributed by atoms with Crippen molar-refractivity contribution in [3.63, 3.8) is 0 Å². The van der Waals surface area contributed by atoms with Crippen molar-refractivity contribution in [2.75, 3.05) is 10.6 Å². The predicted molar refractivity (Wildman–Crippen MR) is 128 cm³/mol. The molecule has 0 heterocycles. The van der Waals surface area contributed by atoms with Crippen LogP contribution in [0.15, 0.2) is 54.6 Å². The first-order valence-electron chi connectivity index (χ1n) is 9.30. The number of rotatable bonds is 6. The topological polar surface area (TPSA) is 104 Å². The average molecular weight is 535 g/mol. The van der Waals surface area contributed by atoms with Crippen LogP contribution in [0.5, 0.6) is 0 Å². The van der Waals surface area contributed by atoms with Crippen LogP contribution in [0, 0.1) is 0 Å². The maximum Gasteiger partial charge on any atom is 0.416 e. The van der Waals surface area contributed by atoms with E-state index in [-0.39, 0.29) is 39.4 Å². The molecular weight excluding hydrogens is 518 g/mol. The van der Waals surface area contributed by atoms with Gasteiger partial charge in [0.15, 0.2) is 0 Å². The Hall–Kier alpha value is -2.98. The molecule has 0 atom stereocenters. The zero-order valence-corrected chi connectivity index (χ0v) is 19.4. The van der Waals surface area contributed by atoms with Crippen LogP contribution in [-0.4, -0.2) is 17.0 Å². The number of hydrogen-bond acceptors (Lipinski definition) is 4. The van der Waals surface area contributed by atoms with Crippen molar-refractivity contribution in [3.8, 4) is 0 Å². The summed E-state index contributed by atoms with van der Waals surface area (Å²) in [6, 6.07) is 11.6. The lowest BCUT2D eigenvalue weighted by atomic mass is 10.1. The van der Waals surface area contributed by atoms with Crippen LogP contribution in [0.4, 0.5) is 30.2 Å². The first kappa shape index (κ1) is 27.3. The van der Waals surface area contributed by atoms with Crippen LogP contribution in [0.25, 0.3) is 0 Å². The Labute approximate surface area is 208 Å². The SMILES string of the molecule is Cl.NCc1ccc(Nc2ccc(C(F)(F)F)cc2NC(=O)c2cc(Cl)c(Cl)cc2C(=O)O)cc1. The van der Waals surface area contributed by atoms with E-state index in [2.05, 4.69) is 10.6 Å². The van der Waals surface area contributed by atoms with E-state index in [1.54, 1.807) is 24.3 Å². The monoisotopic (exact) mass is 533 g/mol. The smallest absolute Gasteiger partial charge is 0.416 e. The van der Waals surface area contributed by atoms with Gasteiger partial charge in [0.2, 0.25) is 0 Å². The highest BCUT2D eigenvalue weighted by Crippen LogP contribution is 2.36. The Morgan fingerprint density at radius 2 is 1.50 bits per heavy atom. The summed E-state index contributed by atoms with van der Waals surface area (Å²) in [4.78, 5) is 24.4. The van der Waals surface area contributed by atoms with Crippen LogP contribution in [0.1, 0.15) is 31.8 Å². The molecule has 180 valence electrons. The van der Waals surface area contributed by atoms with Gasteiger partial charge in [0.25, 0.3) is 5.91 Å². The van der Waals surface area contributed by atoms with Crippen molar-refractivity contribution >= 4 is 64.5 Å². The largest absolute Gasteiger partial charge is 0.478 e. The summed E-state index contributed by atoms with van der Waals surface area (Å²) in [6.07, 6.45) is -4.67. The van der Waals surface area contributed by atoms with Gasteiger partial charge in [-0.1, -0.05) is 35.3 Å². The van der Waals surface area contributed by atoms with E-state index in [0.29, 0.717) is 12.2 Å². The number of carboxylic acid groups (broad SMARTS) is 1. The van der Waals surface area contributed by atoms with Gasteiger partial charge < -0.3 is 21.5 Å². The Kier molecular flexibility index (Phi) is 8.79. The molecule has 0 saturated carbocycles. The molecule has 0 aliphatic rings. The number of benzene rings is 3. The van der Waals surface area contributed by atoms with Crippen LogP contribution in [0.3, 0.4) is 0 Å². The van der Waals surface area contributed by atoms with E-state index in [4.69, 9.17) is 28.9 Å². The van der Waals surface area contributed by atoms with E-state index < -0.39 is 29.2 Å². The Morgan fingerprint density at radius 3 is 2.03 bits per heavy atom. The number of carboxylic acids is 1. The van der Waals surface area contributed by atoms with Gasteiger partial charge in [-0.15, -0.1) is 12.4 Å². The molecule has 3 rings (SSSR count). The van der Waals surface area contributed by atoms with Gasteiger partial charge in [0.1, 0.15) is 0 Å². The van der Waals surface area contributed by atoms with E-state index >= 15 is 0 Å². The van der Waals surface area contributed by atoms with Crippen LogP contribution < -0.4 is 16.4 Å². The molecular formula is C22H17Cl3F3N3O3. The normalized spacial score (nSPS) is 10.9. The molecule has 0 spiro atoms. The summed E-state index contributed by atoms with van der Waals surface area (Å²) < 4.78 is 39.8. The third kappa shape index (κ3) is 6.32. The molecule has 6 nitrogen and oxygen atoms in total. The van der Waals surface area contributed by atoms with Gasteiger partial charge >= 0.3 is 12.1 Å². The number of alkyl halides is 3. The molecule has 0 aliphatic carbocycles. The Balaban J connectivity index is 0.00000408. The third-order valence-corrected chi connectivity index (χ3v) is 5.32. The molecule has 0 bridgehead atoms. The molecule has 34 heavy (non-hydrogen) atoms. The standard InChI is InChI=1S/C22H16Cl2F3N3O3.ClH/c23-16-8-14(15(21(32)33)9-17(16)24)20(31)30-19-7-12(22(25,26)27)3-6-18(19)29-13-4-1-11(10-28)2-5-13;/h1-9,29H,10,28H2,(H,30,31)(H,32,33);1H. The number of carbonyl (C=O) groups is 2. The highest BCUT2D eigenvalue weighted by molar-refractivity contribution is 6.42. The molecule has 3 aromatic carbocycles. The fourth-order valence-corrected chi connectivity index (χ4v) is 3.24. The Morgan fingerprint density at radius 1 is 0.912 bits per heavy atom. The number of hydrogen-bond donors (Lipinski definition) is 4. The molecule has 0 radical (unpaired) electrons. The van der Waals surface area contributed by atoms with Gasteiger partial charge in [0.05, 0.1) is 38.1 Å². The summed E-state index contributed by atoms with van der Waals surface area (Å²) in [6.45, 7) is 0.317. The van der Waals surface area contributed by atoms with Gasteiger partial charge in [0, 0.05) is 12.2 Å². The summed E-state index contributed by atoms with van der Waals surface area (Å²) in [5.74, 6) is -2.44. The van der Waals surface area contributed by atoms with Crippen molar-refractivity contribution < 1.29 is 27.9 Å². The predicted octanol–water partition coefficient (Wildman–Crippen LogP) is 6.59. The number of anilines is 3. The highest BCUT2D eigenvalue weighted by Gasteiger charge is 2.31. The van der Waals surface area contributed by atoms with Crippen LogP contribution >= 0.6 is 35.6 Å². The Bertz CT molecular complexity index is 1220. The van der Waals surface area contributed by atoms with Crippen molar-refractivity contribution in [3.05, 3.63) is 86.9 Å². The van der Waals surface area contributed by atoms with Gasteiger partial charge in [-0.2, -0.15) is 13.2 Å². The number of nitrogens with one attached hydrogen (secondary N) is 2. The first-order chi connectivity index (χ1) is 15.5. The summed E-state index contributed by atoms with van der Waals surface area (Å²) in [7, 11) is 0. The minimum Gasteiger partial charge on any atom is -0.478 e. The van der Waals surface area contributed by atoms with Crippen molar-refractivity contribution in [1.29, 1.82) is 0 Å². The molecule has 5 N–H and O–H groups in total. The van der Waals surface area contributed by atoms with Crippen molar-refractivity contribution in [1.82, 2.24) is 0 Å².